The van der Waals surface area contributed by atoms with E-state index in [0.29, 0.717) is 25.7 Å². The third kappa shape index (κ3) is 2.34. The predicted molar refractivity (Wildman–Crippen MR) is 68.3 cm³/mol. The molecule has 0 aromatic heterocycles. The zero-order valence-corrected chi connectivity index (χ0v) is 11.9. The van der Waals surface area contributed by atoms with Crippen LogP contribution in [0.3, 0.4) is 0 Å². The van der Waals surface area contributed by atoms with E-state index in [1.807, 2.05) is 0 Å². The molecule has 2 aliphatic rings. The number of ketones is 1. The lowest BCUT2D eigenvalue weighted by molar-refractivity contribution is -0.149. The first-order valence-electron chi connectivity index (χ1n) is 7.11. The largest absolute Gasteiger partial charge is 0.384 e. The highest BCUT2D eigenvalue weighted by atomic mass is 19.3. The fourth-order valence-corrected chi connectivity index (χ4v) is 3.41. The maximum atomic E-state index is 13.8. The van der Waals surface area contributed by atoms with Crippen molar-refractivity contribution in [1.82, 2.24) is 4.90 Å². The molecule has 1 saturated carbocycles. The van der Waals surface area contributed by atoms with Crippen LogP contribution in [0.1, 0.15) is 46.0 Å². The van der Waals surface area contributed by atoms with E-state index in [1.54, 1.807) is 13.8 Å². The van der Waals surface area contributed by atoms with Crippen LogP contribution in [0, 0.1) is 5.92 Å². The number of likely N-dealkylation sites (tertiary alicyclic amines) is 1. The number of halogens is 2. The van der Waals surface area contributed by atoms with Gasteiger partial charge in [0.25, 0.3) is 11.8 Å². The zero-order valence-electron chi connectivity index (χ0n) is 11.9. The van der Waals surface area contributed by atoms with Gasteiger partial charge in [-0.1, -0.05) is 26.7 Å². The maximum Gasteiger partial charge on any atom is 0.292 e. The van der Waals surface area contributed by atoms with Gasteiger partial charge in [0.1, 0.15) is 6.10 Å². The monoisotopic (exact) mass is 289 g/mol. The Labute approximate surface area is 117 Å². The van der Waals surface area contributed by atoms with E-state index in [0.717, 1.165) is 4.90 Å². The molecule has 1 aliphatic carbocycles. The molecule has 0 radical (unpaired) electrons. The summed E-state index contributed by atoms with van der Waals surface area (Å²) in [5.41, 5.74) is -1.24. The molecule has 1 amide bonds. The number of rotatable bonds is 3. The highest BCUT2D eigenvalue weighted by molar-refractivity contribution is 6.36. The summed E-state index contributed by atoms with van der Waals surface area (Å²) in [6, 6.07) is 0. The molecule has 2 rings (SSSR count). The molecular weight excluding hydrogens is 268 g/mol. The number of Topliss-reactive ketones (excluding diaryl/α,β-unsaturated/α-hetero) is 1. The van der Waals surface area contributed by atoms with Crippen LogP contribution in [0.25, 0.3) is 0 Å². The summed E-state index contributed by atoms with van der Waals surface area (Å²) < 4.78 is 27.6. The Morgan fingerprint density at radius 3 is 2.35 bits per heavy atom. The van der Waals surface area contributed by atoms with Gasteiger partial charge < -0.3 is 10.0 Å². The van der Waals surface area contributed by atoms with Gasteiger partial charge in [-0.05, 0) is 18.8 Å². The normalized spacial score (nSPS) is 27.5. The molecule has 1 heterocycles. The third-order valence-electron chi connectivity index (χ3n) is 4.36. The van der Waals surface area contributed by atoms with Crippen molar-refractivity contribution in [2.45, 2.75) is 63.5 Å². The van der Waals surface area contributed by atoms with E-state index in [4.69, 9.17) is 0 Å². The van der Waals surface area contributed by atoms with Gasteiger partial charge in [0.05, 0.1) is 12.1 Å². The minimum Gasteiger partial charge on any atom is -0.384 e. The Kier molecular flexibility index (Phi) is 3.88. The van der Waals surface area contributed by atoms with E-state index >= 15 is 0 Å². The summed E-state index contributed by atoms with van der Waals surface area (Å²) in [6.07, 6.45) is 0.236. The molecule has 1 atom stereocenters. The fraction of sp³-hybridized carbons (Fsp3) is 0.857. The van der Waals surface area contributed by atoms with Crippen LogP contribution >= 0.6 is 0 Å². The molecule has 1 unspecified atom stereocenters. The summed E-state index contributed by atoms with van der Waals surface area (Å²) in [6.45, 7) is 2.74. The molecular formula is C14H21F2NO3. The van der Waals surface area contributed by atoms with Crippen molar-refractivity contribution in [3.05, 3.63) is 0 Å². The molecule has 0 aromatic carbocycles. The fourth-order valence-electron chi connectivity index (χ4n) is 3.41. The van der Waals surface area contributed by atoms with Crippen LogP contribution in [0.15, 0.2) is 0 Å². The molecule has 1 saturated heterocycles. The Balaban J connectivity index is 2.25. The van der Waals surface area contributed by atoms with Crippen molar-refractivity contribution in [2.24, 2.45) is 5.92 Å². The average molecular weight is 289 g/mol. The SMILES string of the molecule is CC(C)CC(=O)C(=O)N1CC(F)(F)C(O)C12CCCC2. The van der Waals surface area contributed by atoms with Crippen molar-refractivity contribution >= 4 is 11.7 Å². The summed E-state index contributed by atoms with van der Waals surface area (Å²) in [5, 5.41) is 9.94. The smallest absolute Gasteiger partial charge is 0.292 e. The number of aliphatic hydroxyl groups is 1. The molecule has 2 fully saturated rings. The molecule has 1 spiro atoms. The maximum absolute atomic E-state index is 13.8. The second-order valence-electron chi connectivity index (χ2n) is 6.39. The lowest BCUT2D eigenvalue weighted by Crippen LogP contribution is -2.53. The highest BCUT2D eigenvalue weighted by Gasteiger charge is 2.65. The van der Waals surface area contributed by atoms with E-state index in [-0.39, 0.29) is 12.3 Å². The second-order valence-corrected chi connectivity index (χ2v) is 6.39. The van der Waals surface area contributed by atoms with Gasteiger partial charge in [0, 0.05) is 6.42 Å². The topological polar surface area (TPSA) is 57.6 Å². The van der Waals surface area contributed by atoms with Crippen LogP contribution in [0.5, 0.6) is 0 Å². The number of nitrogens with zero attached hydrogens (tertiary/aromatic N) is 1. The van der Waals surface area contributed by atoms with Gasteiger partial charge in [-0.2, -0.15) is 0 Å². The Morgan fingerprint density at radius 1 is 1.30 bits per heavy atom. The second kappa shape index (κ2) is 5.06. The number of hydrogen-bond acceptors (Lipinski definition) is 3. The molecule has 0 aromatic rings. The number of alkyl halides is 2. The number of aliphatic hydroxyl groups excluding tert-OH is 1. The molecule has 0 bridgehead atoms. The average Bonchev–Trinajstić information content (AvgIpc) is 2.89. The summed E-state index contributed by atoms with van der Waals surface area (Å²) in [4.78, 5) is 25.0. The predicted octanol–water partition coefficient (Wildman–Crippen LogP) is 1.75. The van der Waals surface area contributed by atoms with Gasteiger partial charge in [0.15, 0.2) is 0 Å². The Hall–Kier alpha value is -1.04. The summed E-state index contributed by atoms with van der Waals surface area (Å²) >= 11 is 0. The first-order valence-corrected chi connectivity index (χ1v) is 7.11. The summed E-state index contributed by atoms with van der Waals surface area (Å²) in [7, 11) is 0. The van der Waals surface area contributed by atoms with E-state index in [2.05, 4.69) is 0 Å². The van der Waals surface area contributed by atoms with Gasteiger partial charge in [-0.25, -0.2) is 8.78 Å². The number of carbonyl (C=O) groups excluding carboxylic acids is 2. The number of amides is 1. The van der Waals surface area contributed by atoms with Crippen LogP contribution in [0.4, 0.5) is 8.78 Å². The Morgan fingerprint density at radius 2 is 1.85 bits per heavy atom. The third-order valence-corrected chi connectivity index (χ3v) is 4.36. The Bertz CT molecular complexity index is 417. The number of carbonyl (C=O) groups is 2. The molecule has 114 valence electrons. The minimum atomic E-state index is -3.34. The molecule has 6 heteroatoms. The van der Waals surface area contributed by atoms with Crippen LogP contribution < -0.4 is 0 Å². The van der Waals surface area contributed by atoms with Crippen LogP contribution in [-0.4, -0.2) is 45.8 Å². The summed E-state index contributed by atoms with van der Waals surface area (Å²) in [5.74, 6) is -4.84. The molecule has 1 N–H and O–H groups in total. The molecule has 4 nitrogen and oxygen atoms in total. The zero-order chi connectivity index (χ0) is 15.1. The lowest BCUT2D eigenvalue weighted by atomic mass is 9.89. The minimum absolute atomic E-state index is 0.000912. The standard InChI is InChI=1S/C14H21F2NO3/c1-9(2)7-10(18)11(19)17-8-14(15,16)12(20)13(17)5-3-4-6-13/h9,12,20H,3-8H2,1-2H3. The first-order chi connectivity index (χ1) is 9.20. The number of hydrogen-bond donors (Lipinski definition) is 1. The van der Waals surface area contributed by atoms with Crippen molar-refractivity contribution in [1.29, 1.82) is 0 Å². The molecule has 20 heavy (non-hydrogen) atoms. The van der Waals surface area contributed by atoms with Gasteiger partial charge >= 0.3 is 0 Å². The van der Waals surface area contributed by atoms with Crippen LogP contribution in [0.2, 0.25) is 0 Å². The lowest BCUT2D eigenvalue weighted by Gasteiger charge is -2.36. The van der Waals surface area contributed by atoms with E-state index < -0.39 is 35.8 Å². The van der Waals surface area contributed by atoms with Crippen molar-refractivity contribution in [3.8, 4) is 0 Å². The van der Waals surface area contributed by atoms with Gasteiger partial charge in [-0.3, -0.25) is 9.59 Å². The quantitative estimate of drug-likeness (QED) is 0.805. The molecule has 1 aliphatic heterocycles. The van der Waals surface area contributed by atoms with Crippen molar-refractivity contribution in [2.75, 3.05) is 6.54 Å². The van der Waals surface area contributed by atoms with Crippen LogP contribution in [-0.2, 0) is 9.59 Å². The highest BCUT2D eigenvalue weighted by Crippen LogP contribution is 2.49. The first kappa shape index (κ1) is 15.4. The van der Waals surface area contributed by atoms with Gasteiger partial charge in [0.2, 0.25) is 5.78 Å². The van der Waals surface area contributed by atoms with Crippen molar-refractivity contribution < 1.29 is 23.5 Å². The van der Waals surface area contributed by atoms with Crippen molar-refractivity contribution in [3.63, 3.8) is 0 Å². The van der Waals surface area contributed by atoms with Gasteiger partial charge in [-0.15, -0.1) is 0 Å². The van der Waals surface area contributed by atoms with E-state index in [9.17, 15) is 23.5 Å². The van der Waals surface area contributed by atoms with E-state index in [1.165, 1.54) is 0 Å².